The Hall–Kier alpha value is -2.71. The highest BCUT2D eigenvalue weighted by Crippen LogP contribution is 2.31. The number of hydrogen-bond donors (Lipinski definition) is 3. The molecule has 0 bridgehead atoms. The second kappa shape index (κ2) is 12.9. The maximum atomic E-state index is 13.3. The summed E-state index contributed by atoms with van der Waals surface area (Å²) in [5.41, 5.74) is 3.98. The van der Waals surface area contributed by atoms with Gasteiger partial charge in [-0.15, -0.1) is 0 Å². The Balaban J connectivity index is 1.83. The van der Waals surface area contributed by atoms with Gasteiger partial charge in [0.2, 0.25) is 0 Å². The molecule has 0 aliphatic heterocycles. The summed E-state index contributed by atoms with van der Waals surface area (Å²) in [5.74, 6) is -1.37. The van der Waals surface area contributed by atoms with Crippen LogP contribution < -0.4 is 10.6 Å². The first-order valence-corrected chi connectivity index (χ1v) is 15.6. The Labute approximate surface area is 227 Å². The predicted molar refractivity (Wildman–Crippen MR) is 152 cm³/mol. The standard InChI is InChI=1S/C30H42N2O5S/c1-21-10-8-9-13-24(21)26-18-23(20-31-30(2,3)19-22-11-6-5-7-12-22)14-15-25(26)28(33)32-27(29(34)35)16-17-38(4,36)37/h8-10,13-15,18,22,27,31H,5-7,11-12,16-17,19-20H2,1-4H3,(H,32,33)(H,34,35). The molecule has 38 heavy (non-hydrogen) atoms. The van der Waals surface area contributed by atoms with Crippen molar-refractivity contribution in [2.45, 2.75) is 83.8 Å². The number of carbonyl (C=O) groups is 2. The van der Waals surface area contributed by atoms with E-state index < -0.39 is 27.8 Å². The van der Waals surface area contributed by atoms with Gasteiger partial charge in [0.25, 0.3) is 5.91 Å². The molecule has 0 saturated heterocycles. The van der Waals surface area contributed by atoms with Crippen LogP contribution in [0.15, 0.2) is 42.5 Å². The van der Waals surface area contributed by atoms with E-state index in [-0.39, 0.29) is 17.7 Å². The predicted octanol–water partition coefficient (Wildman–Crippen LogP) is 5.12. The van der Waals surface area contributed by atoms with Gasteiger partial charge in [-0.3, -0.25) is 4.79 Å². The van der Waals surface area contributed by atoms with Crippen molar-refractivity contribution in [1.82, 2.24) is 10.6 Å². The Bertz CT molecular complexity index is 1230. The molecule has 3 rings (SSSR count). The molecule has 1 atom stereocenters. The summed E-state index contributed by atoms with van der Waals surface area (Å²) >= 11 is 0. The minimum atomic E-state index is -3.37. The fourth-order valence-corrected chi connectivity index (χ4v) is 6.01. The summed E-state index contributed by atoms with van der Waals surface area (Å²) in [4.78, 5) is 25.1. The highest BCUT2D eigenvalue weighted by molar-refractivity contribution is 7.90. The molecular formula is C30H42N2O5S. The van der Waals surface area contributed by atoms with Crippen molar-refractivity contribution < 1.29 is 23.1 Å². The van der Waals surface area contributed by atoms with Gasteiger partial charge < -0.3 is 15.7 Å². The number of carbonyl (C=O) groups excluding carboxylic acids is 1. The molecule has 1 aliphatic carbocycles. The Morgan fingerprint density at radius 2 is 1.74 bits per heavy atom. The molecule has 1 aliphatic rings. The second-order valence-electron chi connectivity index (χ2n) is 11.4. The second-order valence-corrected chi connectivity index (χ2v) is 13.7. The summed E-state index contributed by atoms with van der Waals surface area (Å²) in [5, 5.41) is 15.8. The van der Waals surface area contributed by atoms with E-state index in [0.717, 1.165) is 40.8 Å². The lowest BCUT2D eigenvalue weighted by Gasteiger charge is -2.33. The van der Waals surface area contributed by atoms with Crippen LogP contribution in [0.3, 0.4) is 0 Å². The number of amides is 1. The number of aliphatic carboxylic acids is 1. The van der Waals surface area contributed by atoms with Crippen LogP contribution in [0.25, 0.3) is 11.1 Å². The minimum Gasteiger partial charge on any atom is -0.480 e. The van der Waals surface area contributed by atoms with E-state index in [0.29, 0.717) is 12.1 Å². The van der Waals surface area contributed by atoms with Gasteiger partial charge in [0.05, 0.1) is 5.75 Å². The van der Waals surface area contributed by atoms with Gasteiger partial charge >= 0.3 is 5.97 Å². The molecule has 1 saturated carbocycles. The first kappa shape index (κ1) is 29.8. The van der Waals surface area contributed by atoms with Crippen molar-refractivity contribution in [2.24, 2.45) is 5.92 Å². The zero-order valence-corrected chi connectivity index (χ0v) is 23.9. The van der Waals surface area contributed by atoms with Crippen LogP contribution in [0, 0.1) is 12.8 Å². The molecule has 1 unspecified atom stereocenters. The molecule has 208 valence electrons. The minimum absolute atomic E-state index is 0.0186. The van der Waals surface area contributed by atoms with E-state index in [9.17, 15) is 23.1 Å². The summed E-state index contributed by atoms with van der Waals surface area (Å²) in [7, 11) is -3.37. The normalized spacial score (nSPS) is 15.7. The van der Waals surface area contributed by atoms with Crippen molar-refractivity contribution in [1.29, 1.82) is 0 Å². The van der Waals surface area contributed by atoms with Gasteiger partial charge in [-0.1, -0.05) is 62.4 Å². The SMILES string of the molecule is Cc1ccccc1-c1cc(CNC(C)(C)CC2CCCCC2)ccc1C(=O)NC(CCS(C)(=O)=O)C(=O)O. The molecule has 1 fully saturated rings. The fraction of sp³-hybridized carbons (Fsp3) is 0.533. The number of rotatable bonds is 12. The number of sulfone groups is 1. The summed E-state index contributed by atoms with van der Waals surface area (Å²) in [6.07, 6.45) is 8.56. The lowest BCUT2D eigenvalue weighted by atomic mass is 9.81. The van der Waals surface area contributed by atoms with Gasteiger partial charge in [-0.2, -0.15) is 0 Å². The molecule has 7 nitrogen and oxygen atoms in total. The van der Waals surface area contributed by atoms with Crippen LogP contribution in [-0.2, 0) is 21.2 Å². The lowest BCUT2D eigenvalue weighted by Crippen LogP contribution is -2.42. The first-order chi connectivity index (χ1) is 17.8. The number of hydrogen-bond acceptors (Lipinski definition) is 5. The van der Waals surface area contributed by atoms with Gasteiger partial charge in [0, 0.05) is 23.9 Å². The van der Waals surface area contributed by atoms with Gasteiger partial charge in [-0.05, 0) is 73.9 Å². The number of aryl methyl sites for hydroxylation is 1. The molecule has 0 spiro atoms. The average molecular weight is 543 g/mol. The first-order valence-electron chi connectivity index (χ1n) is 13.5. The van der Waals surface area contributed by atoms with Gasteiger partial charge in [-0.25, -0.2) is 13.2 Å². The Kier molecular flexibility index (Phi) is 10.1. The largest absolute Gasteiger partial charge is 0.480 e. The van der Waals surface area contributed by atoms with Crippen LogP contribution >= 0.6 is 0 Å². The van der Waals surface area contributed by atoms with E-state index in [1.165, 1.54) is 32.1 Å². The van der Waals surface area contributed by atoms with E-state index in [2.05, 4.69) is 24.5 Å². The van der Waals surface area contributed by atoms with E-state index >= 15 is 0 Å². The molecule has 3 N–H and O–H groups in total. The molecule has 0 radical (unpaired) electrons. The van der Waals surface area contributed by atoms with E-state index in [1.807, 2.05) is 43.3 Å². The topological polar surface area (TPSA) is 113 Å². The molecule has 2 aromatic carbocycles. The van der Waals surface area contributed by atoms with Crippen LogP contribution in [0.4, 0.5) is 0 Å². The Morgan fingerprint density at radius 1 is 1.05 bits per heavy atom. The third kappa shape index (κ3) is 8.95. The quantitative estimate of drug-likeness (QED) is 0.343. The molecule has 2 aromatic rings. The average Bonchev–Trinajstić information content (AvgIpc) is 2.85. The smallest absolute Gasteiger partial charge is 0.326 e. The molecule has 0 aromatic heterocycles. The van der Waals surface area contributed by atoms with Crippen molar-refractivity contribution >= 4 is 21.7 Å². The lowest BCUT2D eigenvalue weighted by molar-refractivity contribution is -0.139. The number of benzene rings is 2. The molecule has 0 heterocycles. The summed E-state index contributed by atoms with van der Waals surface area (Å²) in [6.45, 7) is 7.11. The molecule has 8 heteroatoms. The molecule has 1 amide bonds. The number of carboxylic acids is 1. The third-order valence-electron chi connectivity index (χ3n) is 7.44. The summed E-state index contributed by atoms with van der Waals surface area (Å²) in [6, 6.07) is 12.1. The maximum Gasteiger partial charge on any atom is 0.326 e. The van der Waals surface area contributed by atoms with Crippen molar-refractivity contribution in [3.05, 3.63) is 59.2 Å². The zero-order chi connectivity index (χ0) is 27.9. The zero-order valence-electron chi connectivity index (χ0n) is 23.0. The van der Waals surface area contributed by atoms with E-state index in [1.54, 1.807) is 6.07 Å². The summed E-state index contributed by atoms with van der Waals surface area (Å²) < 4.78 is 23.1. The molecular weight excluding hydrogens is 500 g/mol. The number of carboxylic acid groups (broad SMARTS) is 1. The highest BCUT2D eigenvalue weighted by atomic mass is 32.2. The van der Waals surface area contributed by atoms with Crippen molar-refractivity contribution in [2.75, 3.05) is 12.0 Å². The van der Waals surface area contributed by atoms with Gasteiger partial charge in [0.1, 0.15) is 15.9 Å². The van der Waals surface area contributed by atoms with Crippen LogP contribution in [0.1, 0.15) is 80.3 Å². The highest BCUT2D eigenvalue weighted by Gasteiger charge is 2.26. The van der Waals surface area contributed by atoms with Crippen molar-refractivity contribution in [3.63, 3.8) is 0 Å². The van der Waals surface area contributed by atoms with Crippen LogP contribution in [0.5, 0.6) is 0 Å². The van der Waals surface area contributed by atoms with Crippen LogP contribution in [-0.4, -0.2) is 49.0 Å². The van der Waals surface area contributed by atoms with E-state index in [4.69, 9.17) is 0 Å². The fourth-order valence-electron chi connectivity index (χ4n) is 5.35. The van der Waals surface area contributed by atoms with Crippen LogP contribution in [0.2, 0.25) is 0 Å². The monoisotopic (exact) mass is 542 g/mol. The van der Waals surface area contributed by atoms with Crippen molar-refractivity contribution in [3.8, 4) is 11.1 Å². The Morgan fingerprint density at radius 3 is 2.37 bits per heavy atom. The maximum absolute atomic E-state index is 13.3. The van der Waals surface area contributed by atoms with Gasteiger partial charge in [0.15, 0.2) is 0 Å². The number of nitrogens with one attached hydrogen (secondary N) is 2. The third-order valence-corrected chi connectivity index (χ3v) is 8.42.